The van der Waals surface area contributed by atoms with Crippen molar-refractivity contribution in [3.8, 4) is 0 Å². The third-order valence-electron chi connectivity index (χ3n) is 8.68. The fraction of sp³-hybridized carbons (Fsp3) is 0.762. The van der Waals surface area contributed by atoms with E-state index in [-0.39, 0.29) is 28.6 Å². The van der Waals surface area contributed by atoms with Crippen molar-refractivity contribution >= 4 is 29.7 Å². The van der Waals surface area contributed by atoms with Gasteiger partial charge in [0.1, 0.15) is 5.82 Å². The van der Waals surface area contributed by atoms with E-state index >= 15 is 0 Å². The van der Waals surface area contributed by atoms with Gasteiger partial charge in [-0.25, -0.2) is 4.79 Å². The summed E-state index contributed by atoms with van der Waals surface area (Å²) in [4.78, 5) is 40.7. The van der Waals surface area contributed by atoms with Crippen molar-refractivity contribution < 1.29 is 19.5 Å². The molecule has 156 valence electrons. The maximum atomic E-state index is 13.3. The molecule has 0 radical (unpaired) electrons. The first-order valence-electron chi connectivity index (χ1n) is 11.0. The number of thioether (sulfide) groups is 1. The summed E-state index contributed by atoms with van der Waals surface area (Å²) in [5.74, 6) is 1.87. The van der Waals surface area contributed by atoms with Crippen molar-refractivity contribution in [1.82, 2.24) is 15.1 Å². The molecule has 7 nitrogen and oxygen atoms in total. The molecule has 4 atom stereocenters. The Kier molecular flexibility index (Phi) is 3.70. The van der Waals surface area contributed by atoms with Crippen molar-refractivity contribution in [2.24, 2.45) is 28.6 Å². The van der Waals surface area contributed by atoms with E-state index in [0.717, 1.165) is 11.7 Å². The Morgan fingerprint density at radius 2 is 1.90 bits per heavy atom. The van der Waals surface area contributed by atoms with E-state index in [2.05, 4.69) is 5.32 Å². The first-order valence-corrected chi connectivity index (χ1v) is 12.0. The molecule has 6 aliphatic rings. The first-order chi connectivity index (χ1) is 14.0. The predicted molar refractivity (Wildman–Crippen MR) is 107 cm³/mol. The molecule has 29 heavy (non-hydrogen) atoms. The van der Waals surface area contributed by atoms with Gasteiger partial charge >= 0.3 is 12.0 Å². The molecule has 5 fully saturated rings. The number of likely N-dealkylation sites (tertiary alicyclic amines) is 1. The van der Waals surface area contributed by atoms with E-state index in [1.54, 1.807) is 4.90 Å². The van der Waals surface area contributed by atoms with E-state index in [0.29, 0.717) is 43.1 Å². The quantitative estimate of drug-likeness (QED) is 0.689. The van der Waals surface area contributed by atoms with Crippen LogP contribution >= 0.6 is 11.8 Å². The topological polar surface area (TPSA) is 89.9 Å². The van der Waals surface area contributed by atoms with Crippen LogP contribution in [0, 0.1) is 28.6 Å². The van der Waals surface area contributed by atoms with E-state index < -0.39 is 5.97 Å². The molecule has 3 aliphatic heterocycles. The smallest absolute Gasteiger partial charge is 0.322 e. The third-order valence-corrected chi connectivity index (χ3v) is 9.93. The molecule has 0 aromatic rings. The second-order valence-corrected chi connectivity index (χ2v) is 10.7. The van der Waals surface area contributed by atoms with Crippen LogP contribution in [0.5, 0.6) is 0 Å². The summed E-state index contributed by atoms with van der Waals surface area (Å²) in [5.41, 5.74) is 0.163. The van der Waals surface area contributed by atoms with Crippen molar-refractivity contribution in [3.63, 3.8) is 0 Å². The van der Waals surface area contributed by atoms with Gasteiger partial charge < -0.3 is 10.0 Å². The minimum atomic E-state index is -0.782. The third kappa shape index (κ3) is 2.13. The van der Waals surface area contributed by atoms with Gasteiger partial charge in [0.25, 0.3) is 0 Å². The number of hydrogen-bond acceptors (Lipinski definition) is 4. The summed E-state index contributed by atoms with van der Waals surface area (Å²) >= 11 is 1.85. The predicted octanol–water partition coefficient (Wildman–Crippen LogP) is 2.45. The maximum Gasteiger partial charge on any atom is 0.322 e. The molecule has 1 spiro atoms. The number of carboxylic acid groups (broad SMARTS) is 1. The molecule has 0 aromatic carbocycles. The summed E-state index contributed by atoms with van der Waals surface area (Å²) in [5, 5.41) is 12.3. The number of hydrogen-bond donors (Lipinski definition) is 2. The van der Waals surface area contributed by atoms with E-state index in [1.807, 2.05) is 22.7 Å². The summed E-state index contributed by atoms with van der Waals surface area (Å²) < 4.78 is 0. The van der Waals surface area contributed by atoms with Crippen molar-refractivity contribution in [2.45, 2.75) is 50.3 Å². The molecule has 3 aliphatic carbocycles. The molecule has 0 bridgehead atoms. The average Bonchev–Trinajstić information content (AvgIpc) is 3.50. The zero-order valence-electron chi connectivity index (χ0n) is 16.4. The van der Waals surface area contributed by atoms with Gasteiger partial charge in [0.05, 0.1) is 16.7 Å². The fourth-order valence-corrected chi connectivity index (χ4v) is 8.61. The molecule has 3 unspecified atom stereocenters. The lowest BCUT2D eigenvalue weighted by atomic mass is 9.73. The summed E-state index contributed by atoms with van der Waals surface area (Å²) in [6.07, 6.45) is 9.34. The second-order valence-electron chi connectivity index (χ2n) is 9.63. The Morgan fingerprint density at radius 1 is 1.17 bits per heavy atom. The normalized spacial score (nSPS) is 40.8. The Morgan fingerprint density at radius 3 is 2.55 bits per heavy atom. The highest BCUT2D eigenvalue weighted by Gasteiger charge is 3.00. The average molecular weight is 418 g/mol. The monoisotopic (exact) mass is 417 g/mol. The zero-order valence-corrected chi connectivity index (χ0v) is 17.2. The van der Waals surface area contributed by atoms with Crippen molar-refractivity contribution in [3.05, 3.63) is 11.9 Å². The molecule has 8 heteroatoms. The van der Waals surface area contributed by atoms with Gasteiger partial charge in [-0.1, -0.05) is 12.8 Å². The lowest BCUT2D eigenvalue weighted by Crippen LogP contribution is -2.68. The minimum absolute atomic E-state index is 0.128. The van der Waals surface area contributed by atoms with Crippen molar-refractivity contribution in [1.29, 1.82) is 0 Å². The molecule has 3 heterocycles. The van der Waals surface area contributed by atoms with Crippen LogP contribution in [0.4, 0.5) is 4.79 Å². The van der Waals surface area contributed by atoms with Crippen molar-refractivity contribution in [2.75, 3.05) is 18.8 Å². The van der Waals surface area contributed by atoms with Crippen LogP contribution < -0.4 is 5.32 Å². The first kappa shape index (κ1) is 18.1. The number of urea groups is 1. The summed E-state index contributed by atoms with van der Waals surface area (Å²) in [7, 11) is 0. The van der Waals surface area contributed by atoms with Crippen LogP contribution in [0.1, 0.15) is 44.9 Å². The van der Waals surface area contributed by atoms with E-state index in [9.17, 15) is 14.4 Å². The van der Waals surface area contributed by atoms with Gasteiger partial charge in [0, 0.05) is 18.8 Å². The highest BCUT2D eigenvalue weighted by Crippen LogP contribution is 2.97. The number of rotatable bonds is 3. The van der Waals surface area contributed by atoms with Gasteiger partial charge in [0.15, 0.2) is 0 Å². The van der Waals surface area contributed by atoms with Gasteiger partial charge in [-0.05, 0) is 55.4 Å². The van der Waals surface area contributed by atoms with E-state index in [1.165, 1.54) is 32.1 Å². The fourth-order valence-electron chi connectivity index (χ4n) is 7.06. The molecule has 3 saturated carbocycles. The van der Waals surface area contributed by atoms with Gasteiger partial charge in [-0.15, -0.1) is 11.8 Å². The molecule has 0 aromatic heterocycles. The number of carbonyl (C=O) groups is 3. The Labute approximate surface area is 174 Å². The second kappa shape index (κ2) is 5.93. The molecule has 2 N–H and O–H groups in total. The maximum absolute atomic E-state index is 13.3. The highest BCUT2D eigenvalue weighted by molar-refractivity contribution is 8.00. The number of β-lactam (4-membered cyclic amide) rings is 1. The summed E-state index contributed by atoms with van der Waals surface area (Å²) in [6.45, 7) is 0.887. The minimum Gasteiger partial charge on any atom is -0.481 e. The van der Waals surface area contributed by atoms with Gasteiger partial charge in [-0.2, -0.15) is 0 Å². The molecular formula is C21H27N3O4S. The Bertz CT molecular complexity index is 832. The SMILES string of the molecule is O=C(O)C1CCN(C(=O)NC2=CCS[C@@H]3N2C(=O)C32C3CC32C2CCCC2)CC1. The molecular weight excluding hydrogens is 390 g/mol. The number of amides is 3. The number of piperidine rings is 1. The highest BCUT2D eigenvalue weighted by atomic mass is 32.2. The molecule has 2 saturated heterocycles. The van der Waals surface area contributed by atoms with Crippen LogP contribution in [0.3, 0.4) is 0 Å². The van der Waals surface area contributed by atoms with Gasteiger partial charge in [-0.3, -0.25) is 19.8 Å². The molecule has 3 amide bonds. The lowest BCUT2D eigenvalue weighted by Gasteiger charge is -2.55. The lowest BCUT2D eigenvalue weighted by molar-refractivity contribution is -0.158. The van der Waals surface area contributed by atoms with Crippen LogP contribution in [0.25, 0.3) is 0 Å². The standard InChI is InChI=1S/C21H27N3O4S/c25-16(26)12-5-8-23(9-6-12)19(28)22-15-7-10-29-18-21(17(27)24(15)18)14-11-20(14,21)13-3-1-2-4-13/h7,12-14,18H,1-6,8-11H2,(H,22,28)(H,25,26)/t14?,18-,20?,21?/m0/s1. The van der Waals surface area contributed by atoms with Crippen LogP contribution in [-0.4, -0.2) is 57.0 Å². The zero-order chi connectivity index (χ0) is 20.0. The number of fused-ring (bicyclic) bond motifs is 5. The number of carbonyl (C=O) groups excluding carboxylic acids is 2. The van der Waals surface area contributed by atoms with E-state index in [4.69, 9.17) is 5.11 Å². The number of aliphatic carboxylic acids is 1. The number of nitrogens with one attached hydrogen (secondary N) is 1. The Balaban J connectivity index is 1.12. The largest absolute Gasteiger partial charge is 0.481 e. The Hall–Kier alpha value is -1.70. The number of carboxylic acids is 1. The van der Waals surface area contributed by atoms with Crippen LogP contribution in [0.2, 0.25) is 0 Å². The van der Waals surface area contributed by atoms with Gasteiger partial charge in [0.2, 0.25) is 5.91 Å². The summed E-state index contributed by atoms with van der Waals surface area (Å²) in [6, 6.07) is -0.217. The molecule has 6 rings (SSSR count). The van der Waals surface area contributed by atoms with Crippen LogP contribution in [-0.2, 0) is 9.59 Å². The van der Waals surface area contributed by atoms with Crippen LogP contribution in [0.15, 0.2) is 11.9 Å². The number of nitrogens with zero attached hydrogens (tertiary/aromatic N) is 2.